The summed E-state index contributed by atoms with van der Waals surface area (Å²) in [4.78, 5) is 72.4. The third-order valence-corrected chi connectivity index (χ3v) is 12.2. The highest BCUT2D eigenvalue weighted by molar-refractivity contribution is 5.91. The number of likely N-dealkylation sites (tertiary alicyclic amines) is 2. The normalized spacial score (nSPS) is 16.9. The molecule has 4 N–H and O–H groups in total. The second-order valence-corrected chi connectivity index (χ2v) is 16.1. The number of nitrogens with zero attached hydrogens (tertiary/aromatic N) is 4. The standard InChI is InChI=1S/C50H48N8O6/c1-63-49(61)55-43(33-11-5-3-6-12-33)47(59)57-25-9-15-41(57)45-51-29-39(53-45)32-19-17-31(18-20-32)35-21-22-37-28-38(24-23-36(37)27-35)40-30-52-46(54-40)42-16-10-26-58(42)48(60)44(56-50(62)64-2)34-13-7-4-8-14-34/h3-8,11-14,17-24,27-30,41-44H,9-10,15-16,25-26H2,1-2H3,(H,51,53)(H,52,54)(H,55,61)(H,56,62). The van der Waals surface area contributed by atoms with Gasteiger partial charge in [0.25, 0.3) is 11.8 Å². The first-order valence-electron chi connectivity index (χ1n) is 21.4. The van der Waals surface area contributed by atoms with E-state index < -0.39 is 24.3 Å². The SMILES string of the molecule is COC(=O)NC(C(=O)N1CCCC1c1ncc(-c2ccc(-c3ccc4cc(-c5cnc(C6CCCN6C(=O)C(NC(=O)OC)c6ccccc6)[nH]5)ccc4c3)cc2)[nH]1)c1ccccc1. The molecule has 2 aliphatic rings. The lowest BCUT2D eigenvalue weighted by atomic mass is 9.98. The van der Waals surface area contributed by atoms with Crippen LogP contribution in [0.15, 0.2) is 134 Å². The molecule has 64 heavy (non-hydrogen) atoms. The Morgan fingerprint density at radius 1 is 0.562 bits per heavy atom. The second kappa shape index (κ2) is 18.3. The number of hydrogen-bond donors (Lipinski definition) is 4. The molecule has 0 spiro atoms. The molecule has 5 aromatic carbocycles. The van der Waals surface area contributed by atoms with Gasteiger partial charge in [0.2, 0.25) is 0 Å². The molecule has 0 bridgehead atoms. The van der Waals surface area contributed by atoms with Gasteiger partial charge in [-0.1, -0.05) is 109 Å². The van der Waals surface area contributed by atoms with Gasteiger partial charge in [-0.2, -0.15) is 0 Å². The second-order valence-electron chi connectivity index (χ2n) is 16.1. The Morgan fingerprint density at radius 2 is 0.984 bits per heavy atom. The van der Waals surface area contributed by atoms with E-state index >= 15 is 0 Å². The van der Waals surface area contributed by atoms with Gasteiger partial charge >= 0.3 is 12.2 Å². The van der Waals surface area contributed by atoms with Crippen LogP contribution in [0.1, 0.15) is 72.6 Å². The predicted octanol–water partition coefficient (Wildman–Crippen LogP) is 8.81. The summed E-state index contributed by atoms with van der Waals surface area (Å²) in [6.45, 7) is 1.10. The molecule has 9 rings (SSSR count). The zero-order valence-electron chi connectivity index (χ0n) is 35.5. The first kappa shape index (κ1) is 41.6. The summed E-state index contributed by atoms with van der Waals surface area (Å²) >= 11 is 0. The molecule has 0 aliphatic carbocycles. The van der Waals surface area contributed by atoms with Crippen LogP contribution in [0.2, 0.25) is 0 Å². The van der Waals surface area contributed by atoms with E-state index in [0.29, 0.717) is 35.9 Å². The minimum absolute atomic E-state index is 0.213. The molecule has 4 amide bonds. The molecule has 2 aliphatic heterocycles. The molecule has 0 radical (unpaired) electrons. The van der Waals surface area contributed by atoms with Crippen molar-refractivity contribution in [2.24, 2.45) is 0 Å². The fourth-order valence-electron chi connectivity index (χ4n) is 8.92. The van der Waals surface area contributed by atoms with Crippen LogP contribution in [0.5, 0.6) is 0 Å². The molecule has 324 valence electrons. The van der Waals surface area contributed by atoms with Crippen molar-refractivity contribution in [3.63, 3.8) is 0 Å². The summed E-state index contributed by atoms with van der Waals surface area (Å²) in [7, 11) is 2.56. The number of fused-ring (bicyclic) bond motifs is 1. The van der Waals surface area contributed by atoms with E-state index in [4.69, 9.17) is 19.4 Å². The minimum Gasteiger partial charge on any atom is -0.453 e. The summed E-state index contributed by atoms with van der Waals surface area (Å²) in [6, 6.07) is 37.1. The first-order valence-corrected chi connectivity index (χ1v) is 21.4. The largest absolute Gasteiger partial charge is 0.453 e. The number of hydrogen-bond acceptors (Lipinski definition) is 8. The number of carbonyl (C=O) groups excluding carboxylic acids is 4. The maximum absolute atomic E-state index is 14.0. The molecule has 0 saturated carbocycles. The number of nitrogens with one attached hydrogen (secondary N) is 4. The molecular formula is C50H48N8O6. The highest BCUT2D eigenvalue weighted by Crippen LogP contribution is 2.37. The van der Waals surface area contributed by atoms with Crippen LogP contribution < -0.4 is 10.6 Å². The van der Waals surface area contributed by atoms with Gasteiger partial charge in [-0.15, -0.1) is 0 Å². The molecule has 4 heterocycles. The van der Waals surface area contributed by atoms with Gasteiger partial charge in [0.15, 0.2) is 0 Å². The Morgan fingerprint density at radius 3 is 1.47 bits per heavy atom. The van der Waals surface area contributed by atoms with Gasteiger partial charge in [0.05, 0.1) is 50.1 Å². The minimum atomic E-state index is -0.885. The zero-order valence-corrected chi connectivity index (χ0v) is 35.5. The summed E-state index contributed by atoms with van der Waals surface area (Å²) in [5.74, 6) is 0.978. The van der Waals surface area contributed by atoms with E-state index in [0.717, 1.165) is 70.1 Å². The van der Waals surface area contributed by atoms with Crippen molar-refractivity contribution in [2.75, 3.05) is 27.3 Å². The number of amides is 4. The van der Waals surface area contributed by atoms with Crippen molar-refractivity contribution in [1.82, 2.24) is 40.4 Å². The molecule has 2 saturated heterocycles. The van der Waals surface area contributed by atoms with Gasteiger partial charge in [-0.3, -0.25) is 9.59 Å². The van der Waals surface area contributed by atoms with Crippen molar-refractivity contribution in [2.45, 2.75) is 49.9 Å². The van der Waals surface area contributed by atoms with E-state index in [2.05, 4.69) is 81.3 Å². The Labute approximate surface area is 370 Å². The highest BCUT2D eigenvalue weighted by Gasteiger charge is 2.38. The van der Waals surface area contributed by atoms with E-state index in [1.165, 1.54) is 14.2 Å². The van der Waals surface area contributed by atoms with Crippen molar-refractivity contribution in [1.29, 1.82) is 0 Å². The number of rotatable bonds is 11. The highest BCUT2D eigenvalue weighted by atomic mass is 16.5. The van der Waals surface area contributed by atoms with Gasteiger partial charge < -0.3 is 39.9 Å². The Hall–Kier alpha value is -7.74. The fraction of sp³-hybridized carbons (Fsp3) is 0.240. The Kier molecular flexibility index (Phi) is 11.9. The molecule has 4 atom stereocenters. The topological polar surface area (TPSA) is 175 Å². The van der Waals surface area contributed by atoms with E-state index in [1.54, 1.807) is 16.0 Å². The van der Waals surface area contributed by atoms with Crippen molar-refractivity contribution in [3.05, 3.63) is 156 Å². The predicted molar refractivity (Wildman–Crippen MR) is 241 cm³/mol. The summed E-state index contributed by atoms with van der Waals surface area (Å²) in [5.41, 5.74) is 7.15. The third-order valence-electron chi connectivity index (χ3n) is 12.2. The summed E-state index contributed by atoms with van der Waals surface area (Å²) in [6.07, 6.45) is 5.41. The Balaban J connectivity index is 0.875. The molecule has 2 fully saturated rings. The monoisotopic (exact) mass is 856 g/mol. The maximum Gasteiger partial charge on any atom is 0.407 e. The van der Waals surface area contributed by atoms with Gasteiger partial charge in [-0.05, 0) is 76.4 Å². The quantitative estimate of drug-likeness (QED) is 0.0999. The van der Waals surface area contributed by atoms with Crippen molar-refractivity contribution >= 4 is 34.8 Å². The van der Waals surface area contributed by atoms with Gasteiger partial charge in [0.1, 0.15) is 23.7 Å². The van der Waals surface area contributed by atoms with Gasteiger partial charge in [0, 0.05) is 18.7 Å². The van der Waals surface area contributed by atoms with Crippen LogP contribution in [-0.2, 0) is 19.1 Å². The molecule has 2 aromatic heterocycles. The van der Waals surface area contributed by atoms with Crippen molar-refractivity contribution in [3.8, 4) is 33.6 Å². The lowest BCUT2D eigenvalue weighted by molar-refractivity contribution is -0.135. The van der Waals surface area contributed by atoms with Gasteiger partial charge in [-0.25, -0.2) is 19.6 Å². The van der Waals surface area contributed by atoms with Crippen molar-refractivity contribution < 1.29 is 28.7 Å². The molecule has 14 heteroatoms. The van der Waals surface area contributed by atoms with Crippen LogP contribution in [-0.4, -0.2) is 81.0 Å². The van der Waals surface area contributed by atoms with E-state index in [1.807, 2.05) is 66.9 Å². The number of H-pyrrole nitrogens is 2. The number of methoxy groups -OCH3 is 2. The maximum atomic E-state index is 14.0. The van der Waals surface area contributed by atoms with E-state index in [-0.39, 0.29) is 23.9 Å². The average Bonchev–Trinajstić information content (AvgIpc) is 4.20. The summed E-state index contributed by atoms with van der Waals surface area (Å²) < 4.78 is 9.68. The molecule has 7 aromatic rings. The zero-order chi connectivity index (χ0) is 44.2. The lowest BCUT2D eigenvalue weighted by Gasteiger charge is -2.28. The Bertz CT molecular complexity index is 2790. The van der Waals surface area contributed by atoms with Crippen LogP contribution >= 0.6 is 0 Å². The number of benzene rings is 5. The number of alkyl carbamates (subject to hydrolysis) is 2. The molecule has 14 nitrogen and oxygen atoms in total. The lowest BCUT2D eigenvalue weighted by Crippen LogP contribution is -2.42. The fourth-order valence-corrected chi connectivity index (χ4v) is 8.92. The number of aromatic nitrogens is 4. The number of ether oxygens (including phenoxy) is 2. The van der Waals surface area contributed by atoms with Crippen LogP contribution in [0.4, 0.5) is 9.59 Å². The average molecular weight is 857 g/mol. The van der Waals surface area contributed by atoms with Crippen LogP contribution in [0, 0.1) is 0 Å². The third kappa shape index (κ3) is 8.54. The number of aromatic amines is 2. The summed E-state index contributed by atoms with van der Waals surface area (Å²) in [5, 5.41) is 7.60. The van der Waals surface area contributed by atoms with Crippen LogP contribution in [0.25, 0.3) is 44.4 Å². The molecule has 4 unspecified atom stereocenters. The van der Waals surface area contributed by atoms with E-state index in [9.17, 15) is 19.2 Å². The smallest absolute Gasteiger partial charge is 0.407 e. The number of carbonyl (C=O) groups is 4. The molecular weight excluding hydrogens is 809 g/mol. The first-order chi connectivity index (χ1) is 31.3. The van der Waals surface area contributed by atoms with Crippen LogP contribution in [0.3, 0.4) is 0 Å². The number of imidazole rings is 2.